The first-order valence-electron chi connectivity index (χ1n) is 10.9. The average Bonchev–Trinajstić information content (AvgIpc) is 3.37. The van der Waals surface area contributed by atoms with Crippen LogP contribution in [0.3, 0.4) is 0 Å². The quantitative estimate of drug-likeness (QED) is 0.279. The first kappa shape index (κ1) is 25.0. The number of benzene rings is 1. The van der Waals surface area contributed by atoms with Crippen LogP contribution in [0.25, 0.3) is 11.2 Å². The molecule has 2 amide bonds. The van der Waals surface area contributed by atoms with Gasteiger partial charge in [-0.3, -0.25) is 4.57 Å². The number of anilines is 2. The van der Waals surface area contributed by atoms with Crippen LogP contribution in [0.5, 0.6) is 0 Å². The number of likely N-dealkylation sites (N-methyl/N-ethyl adjacent to an activating group) is 1. The molecule has 6 N–H and O–H groups in total. The van der Waals surface area contributed by atoms with Crippen molar-refractivity contribution in [3.8, 4) is 0 Å². The molecule has 4 rings (SSSR count). The number of urea groups is 1. The number of amides is 2. The summed E-state index contributed by atoms with van der Waals surface area (Å²) in [7, 11) is 1.84. The summed E-state index contributed by atoms with van der Waals surface area (Å²) < 4.78 is 20.7. The molecule has 3 heterocycles. The number of aliphatic hydroxyl groups excluding tert-OH is 2. The van der Waals surface area contributed by atoms with Gasteiger partial charge in [-0.2, -0.15) is 0 Å². The highest BCUT2D eigenvalue weighted by molar-refractivity contribution is 6.31. The average molecular weight is 509 g/mol. The van der Waals surface area contributed by atoms with Crippen molar-refractivity contribution in [2.75, 3.05) is 37.7 Å². The third kappa shape index (κ3) is 5.60. The lowest BCUT2D eigenvalue weighted by molar-refractivity contribution is -0.0421. The number of halogens is 2. The van der Waals surface area contributed by atoms with E-state index in [2.05, 4.69) is 25.6 Å². The lowest BCUT2D eigenvalue weighted by atomic mass is 10.1. The Bertz CT molecular complexity index is 1200. The Labute approximate surface area is 204 Å². The number of nitrogens with two attached hydrogens (primary N) is 1. The van der Waals surface area contributed by atoms with Gasteiger partial charge in [0.15, 0.2) is 17.7 Å². The lowest BCUT2D eigenvalue weighted by Crippen LogP contribution is -2.39. The summed E-state index contributed by atoms with van der Waals surface area (Å²) in [4.78, 5) is 26.1. The summed E-state index contributed by atoms with van der Waals surface area (Å²) in [5, 5.41) is 26.3. The molecule has 12 nitrogen and oxygen atoms in total. The van der Waals surface area contributed by atoms with Crippen molar-refractivity contribution in [3.05, 3.63) is 41.7 Å². The van der Waals surface area contributed by atoms with E-state index in [0.29, 0.717) is 42.9 Å². The highest BCUT2D eigenvalue weighted by Gasteiger charge is 2.44. The molecule has 35 heavy (non-hydrogen) atoms. The number of imidazole rings is 1. The molecule has 4 atom stereocenters. The number of nitrogens with zero attached hydrogens (tertiary/aromatic N) is 5. The van der Waals surface area contributed by atoms with Crippen LogP contribution in [-0.2, 0) is 4.74 Å². The number of nitrogen functional groups attached to an aromatic ring is 1. The topological polar surface area (TPSA) is 164 Å². The van der Waals surface area contributed by atoms with Crippen molar-refractivity contribution >= 4 is 40.3 Å². The summed E-state index contributed by atoms with van der Waals surface area (Å²) in [6.45, 7) is 1.32. The van der Waals surface area contributed by atoms with Gasteiger partial charge in [0.2, 0.25) is 0 Å². The number of carbonyl (C=O) groups excluding carboxylic acids is 1. The van der Waals surface area contributed by atoms with Gasteiger partial charge in [0.05, 0.1) is 11.3 Å². The number of ether oxygens (including phenoxy) is 1. The number of fused-ring (bicyclic) bond motifs is 1. The fraction of sp³-hybridized carbons (Fsp3) is 0.429. The van der Waals surface area contributed by atoms with Crippen molar-refractivity contribution in [2.24, 2.45) is 0 Å². The summed E-state index contributed by atoms with van der Waals surface area (Å²) in [5.74, 6) is -0.352. The second kappa shape index (κ2) is 10.7. The second-order valence-corrected chi connectivity index (χ2v) is 8.66. The van der Waals surface area contributed by atoms with E-state index in [9.17, 15) is 19.4 Å². The van der Waals surface area contributed by atoms with Gasteiger partial charge in [0.25, 0.3) is 0 Å². The standard InChI is InChI=1S/C21H26ClFN8O4/c1-30(6-2-5-25-21(34)29-11-3-4-13(23)12(22)7-11)8-14-16(32)17(33)20(35-14)31-10-28-15-18(24)26-9-27-19(15)31/h3-4,7,9-10,14,16-17,20,32-33H,2,5-6,8H2,1H3,(H2,24,26,27)(H2,25,29,34)/t14-,16-,17-,20-/m1/s1. The molecule has 0 unspecified atom stereocenters. The van der Waals surface area contributed by atoms with Gasteiger partial charge < -0.3 is 36.2 Å². The maximum absolute atomic E-state index is 13.2. The summed E-state index contributed by atoms with van der Waals surface area (Å²) in [6.07, 6.45) is -0.492. The van der Waals surface area contributed by atoms with E-state index < -0.39 is 36.4 Å². The van der Waals surface area contributed by atoms with Crippen molar-refractivity contribution < 1.29 is 24.1 Å². The highest BCUT2D eigenvalue weighted by Crippen LogP contribution is 2.32. The lowest BCUT2D eigenvalue weighted by Gasteiger charge is -2.22. The van der Waals surface area contributed by atoms with Crippen LogP contribution in [0.15, 0.2) is 30.9 Å². The minimum Gasteiger partial charge on any atom is -0.387 e. The van der Waals surface area contributed by atoms with Crippen LogP contribution < -0.4 is 16.4 Å². The number of carbonyl (C=O) groups is 1. The highest BCUT2D eigenvalue weighted by atomic mass is 35.5. The van der Waals surface area contributed by atoms with Gasteiger partial charge in [0.1, 0.15) is 36.0 Å². The molecular weight excluding hydrogens is 483 g/mol. The molecule has 0 bridgehead atoms. The van der Waals surface area contributed by atoms with E-state index in [4.69, 9.17) is 22.1 Å². The van der Waals surface area contributed by atoms with Gasteiger partial charge in [-0.1, -0.05) is 11.6 Å². The monoisotopic (exact) mass is 508 g/mol. The zero-order valence-electron chi connectivity index (χ0n) is 18.8. The van der Waals surface area contributed by atoms with Crippen LogP contribution in [0.1, 0.15) is 12.6 Å². The number of hydrogen-bond donors (Lipinski definition) is 5. The maximum Gasteiger partial charge on any atom is 0.319 e. The Morgan fingerprint density at radius 3 is 2.89 bits per heavy atom. The van der Waals surface area contributed by atoms with Gasteiger partial charge in [-0.25, -0.2) is 24.1 Å². The van der Waals surface area contributed by atoms with Crippen LogP contribution in [0.4, 0.5) is 20.7 Å². The molecule has 1 fully saturated rings. The van der Waals surface area contributed by atoms with Gasteiger partial charge in [-0.05, 0) is 38.2 Å². The minimum atomic E-state index is -1.19. The van der Waals surface area contributed by atoms with E-state index in [-0.39, 0.29) is 10.8 Å². The molecule has 0 radical (unpaired) electrons. The molecule has 1 aliphatic rings. The summed E-state index contributed by atoms with van der Waals surface area (Å²) in [6, 6.07) is 3.48. The molecule has 14 heteroatoms. The van der Waals surface area contributed by atoms with Crippen LogP contribution >= 0.6 is 11.6 Å². The van der Waals surface area contributed by atoms with E-state index in [0.717, 1.165) is 0 Å². The first-order chi connectivity index (χ1) is 16.7. The van der Waals surface area contributed by atoms with E-state index in [1.54, 1.807) is 0 Å². The normalized spacial score (nSPS) is 22.1. The van der Waals surface area contributed by atoms with E-state index >= 15 is 0 Å². The number of aliphatic hydroxyl groups is 2. The Balaban J connectivity index is 1.23. The fourth-order valence-corrected chi connectivity index (χ4v) is 4.05. The van der Waals surface area contributed by atoms with E-state index in [1.165, 1.54) is 35.4 Å². The molecule has 188 valence electrons. The number of hydrogen-bond acceptors (Lipinski definition) is 9. The molecule has 0 saturated carbocycles. The van der Waals surface area contributed by atoms with E-state index in [1.807, 2.05) is 11.9 Å². The van der Waals surface area contributed by atoms with Crippen molar-refractivity contribution in [1.29, 1.82) is 0 Å². The number of nitrogens with one attached hydrogen (secondary N) is 2. The van der Waals surface area contributed by atoms with Crippen molar-refractivity contribution in [2.45, 2.75) is 31.0 Å². The Kier molecular flexibility index (Phi) is 7.62. The Morgan fingerprint density at radius 1 is 1.31 bits per heavy atom. The molecule has 2 aromatic heterocycles. The van der Waals surface area contributed by atoms with Gasteiger partial charge in [0, 0.05) is 18.8 Å². The second-order valence-electron chi connectivity index (χ2n) is 8.25. The van der Waals surface area contributed by atoms with Gasteiger partial charge >= 0.3 is 6.03 Å². The Hall–Kier alpha value is -3.10. The molecule has 1 saturated heterocycles. The van der Waals surface area contributed by atoms with Crippen molar-refractivity contribution in [3.63, 3.8) is 0 Å². The summed E-state index contributed by atoms with van der Waals surface area (Å²) in [5.41, 5.74) is 6.98. The zero-order valence-corrected chi connectivity index (χ0v) is 19.6. The predicted molar refractivity (Wildman–Crippen MR) is 126 cm³/mol. The fourth-order valence-electron chi connectivity index (χ4n) is 3.86. The zero-order chi connectivity index (χ0) is 25.1. The molecule has 3 aromatic rings. The number of rotatable bonds is 8. The van der Waals surface area contributed by atoms with Crippen molar-refractivity contribution in [1.82, 2.24) is 29.7 Å². The third-order valence-corrected chi connectivity index (χ3v) is 5.96. The third-order valence-electron chi connectivity index (χ3n) is 5.67. The molecule has 0 aliphatic carbocycles. The molecule has 1 aliphatic heterocycles. The van der Waals surface area contributed by atoms with Crippen LogP contribution in [0.2, 0.25) is 5.02 Å². The smallest absolute Gasteiger partial charge is 0.319 e. The SMILES string of the molecule is CN(CCCNC(=O)Nc1ccc(F)c(Cl)c1)C[C@H]1O[C@@H](n2cnc3c(N)ncnc32)[C@H](O)[C@@H]1O. The minimum absolute atomic E-state index is 0.0771. The van der Waals surface area contributed by atoms with Crippen LogP contribution in [0, 0.1) is 5.82 Å². The maximum atomic E-state index is 13.2. The Morgan fingerprint density at radius 2 is 2.11 bits per heavy atom. The molecule has 1 aromatic carbocycles. The molecular formula is C21H26ClFN8O4. The first-order valence-corrected chi connectivity index (χ1v) is 11.3. The van der Waals surface area contributed by atoms with Gasteiger partial charge in [-0.15, -0.1) is 0 Å². The summed E-state index contributed by atoms with van der Waals surface area (Å²) >= 11 is 5.71. The van der Waals surface area contributed by atoms with Crippen LogP contribution in [-0.4, -0.2) is 85.7 Å². The molecule has 0 spiro atoms. The largest absolute Gasteiger partial charge is 0.387 e. The number of aromatic nitrogens is 4. The predicted octanol–water partition coefficient (Wildman–Crippen LogP) is 0.964.